The molecule has 2 aromatic carbocycles. The number of benzene rings is 2. The highest BCUT2D eigenvalue weighted by atomic mass is 32.1. The molecule has 2 N–H and O–H groups in total. The Morgan fingerprint density at radius 2 is 2.00 bits per heavy atom. The number of thiophene rings is 1. The molecule has 0 bridgehead atoms. The molecule has 0 atom stereocenters. The van der Waals surface area contributed by atoms with Crippen molar-refractivity contribution in [3.63, 3.8) is 0 Å². The molecular weight excluding hydrogens is 374 g/mol. The number of hydrogen-bond acceptors (Lipinski definition) is 6. The number of nitrogens with one attached hydrogen (secondary N) is 2. The van der Waals surface area contributed by atoms with Crippen molar-refractivity contribution in [2.24, 2.45) is 0 Å². The highest BCUT2D eigenvalue weighted by Crippen LogP contribution is 2.37. The number of rotatable bonds is 4. The number of fused-ring (bicyclic) bond motifs is 2. The highest BCUT2D eigenvalue weighted by molar-refractivity contribution is 7.22. The first-order chi connectivity index (χ1) is 13.7. The third-order valence-corrected chi connectivity index (χ3v) is 5.65. The Morgan fingerprint density at radius 3 is 2.89 bits per heavy atom. The Balaban J connectivity index is 1.55. The number of H-pyrrole nitrogens is 1. The van der Waals surface area contributed by atoms with E-state index < -0.39 is 0 Å². The first kappa shape index (κ1) is 16.4. The SMILES string of the molecule is O=[N+]([O-])c1cccc(-c2cc3ncnc(Nc4ccc5[nH]ccc5c4)c3s2)c1. The Hall–Kier alpha value is -3.78. The fourth-order valence-corrected chi connectivity index (χ4v) is 4.18. The van der Waals surface area contributed by atoms with E-state index in [2.05, 4.69) is 26.3 Å². The predicted molar refractivity (Wildman–Crippen MR) is 111 cm³/mol. The molecule has 8 heteroatoms. The van der Waals surface area contributed by atoms with Gasteiger partial charge in [0, 0.05) is 39.8 Å². The molecule has 0 saturated heterocycles. The maximum absolute atomic E-state index is 11.1. The molecule has 3 aromatic heterocycles. The van der Waals surface area contributed by atoms with Gasteiger partial charge in [-0.2, -0.15) is 0 Å². The minimum absolute atomic E-state index is 0.0687. The van der Waals surface area contributed by atoms with Crippen LogP contribution in [0.15, 0.2) is 67.1 Å². The lowest BCUT2D eigenvalue weighted by Crippen LogP contribution is -1.94. The van der Waals surface area contributed by atoms with Gasteiger partial charge in [0.05, 0.1) is 15.1 Å². The van der Waals surface area contributed by atoms with Crippen LogP contribution in [0, 0.1) is 10.1 Å². The molecule has 7 nitrogen and oxygen atoms in total. The summed E-state index contributed by atoms with van der Waals surface area (Å²) >= 11 is 1.51. The second-order valence-corrected chi connectivity index (χ2v) is 7.31. The normalized spacial score (nSPS) is 11.1. The van der Waals surface area contributed by atoms with Gasteiger partial charge in [0.15, 0.2) is 5.82 Å². The number of nitrogens with zero attached hydrogens (tertiary/aromatic N) is 3. The van der Waals surface area contributed by atoms with Crippen molar-refractivity contribution in [3.05, 3.63) is 77.2 Å². The number of aromatic nitrogens is 3. The number of non-ortho nitro benzene ring substituents is 1. The third kappa shape index (κ3) is 2.85. The van der Waals surface area contributed by atoms with E-state index in [1.165, 1.54) is 23.7 Å². The van der Waals surface area contributed by atoms with Crippen LogP contribution in [0.25, 0.3) is 31.6 Å². The van der Waals surface area contributed by atoms with Crippen LogP contribution in [0.5, 0.6) is 0 Å². The molecule has 0 spiro atoms. The molecule has 0 unspecified atom stereocenters. The summed E-state index contributed by atoms with van der Waals surface area (Å²) in [6, 6.07) is 16.6. The lowest BCUT2D eigenvalue weighted by molar-refractivity contribution is -0.384. The van der Waals surface area contributed by atoms with E-state index in [1.807, 2.05) is 36.5 Å². The zero-order valence-corrected chi connectivity index (χ0v) is 15.2. The average molecular weight is 387 g/mol. The molecule has 0 amide bonds. The lowest BCUT2D eigenvalue weighted by Gasteiger charge is -2.06. The molecule has 0 radical (unpaired) electrons. The van der Waals surface area contributed by atoms with E-state index >= 15 is 0 Å². The van der Waals surface area contributed by atoms with E-state index in [1.54, 1.807) is 12.1 Å². The molecule has 136 valence electrons. The van der Waals surface area contributed by atoms with Gasteiger partial charge in [0.1, 0.15) is 6.33 Å². The van der Waals surface area contributed by atoms with E-state index in [-0.39, 0.29) is 10.6 Å². The Bertz CT molecular complexity index is 1340. The van der Waals surface area contributed by atoms with Crippen molar-refractivity contribution >= 4 is 49.6 Å². The Morgan fingerprint density at radius 1 is 1.07 bits per heavy atom. The third-order valence-electron chi connectivity index (χ3n) is 4.47. The number of hydrogen-bond donors (Lipinski definition) is 2. The Kier molecular flexibility index (Phi) is 3.77. The summed E-state index contributed by atoms with van der Waals surface area (Å²) in [5, 5.41) is 15.5. The van der Waals surface area contributed by atoms with Crippen LogP contribution in [0.4, 0.5) is 17.2 Å². The number of nitro benzene ring substituents is 1. The van der Waals surface area contributed by atoms with Gasteiger partial charge in [0.2, 0.25) is 0 Å². The van der Waals surface area contributed by atoms with Gasteiger partial charge in [-0.15, -0.1) is 11.3 Å². The molecule has 3 heterocycles. The van der Waals surface area contributed by atoms with Gasteiger partial charge >= 0.3 is 0 Å². The van der Waals surface area contributed by atoms with E-state index in [0.29, 0.717) is 5.82 Å². The molecule has 0 saturated carbocycles. The van der Waals surface area contributed by atoms with Crippen molar-refractivity contribution in [2.75, 3.05) is 5.32 Å². The predicted octanol–water partition coefficient (Wildman–Crippen LogP) is 5.49. The van der Waals surface area contributed by atoms with E-state index in [0.717, 1.165) is 37.2 Å². The summed E-state index contributed by atoms with van der Waals surface area (Å²) in [6.45, 7) is 0. The smallest absolute Gasteiger partial charge is 0.270 e. The second-order valence-electron chi connectivity index (χ2n) is 6.26. The molecule has 0 aliphatic rings. The van der Waals surface area contributed by atoms with E-state index in [9.17, 15) is 10.1 Å². The minimum atomic E-state index is -0.388. The van der Waals surface area contributed by atoms with Gasteiger partial charge in [-0.3, -0.25) is 10.1 Å². The summed E-state index contributed by atoms with van der Waals surface area (Å²) < 4.78 is 0.901. The summed E-state index contributed by atoms with van der Waals surface area (Å²) in [5.74, 6) is 0.710. The van der Waals surface area contributed by atoms with Gasteiger partial charge in [-0.25, -0.2) is 9.97 Å². The first-order valence-corrected chi connectivity index (χ1v) is 9.32. The van der Waals surface area contributed by atoms with Crippen molar-refractivity contribution in [1.29, 1.82) is 0 Å². The minimum Gasteiger partial charge on any atom is -0.361 e. The van der Waals surface area contributed by atoms with Crippen LogP contribution >= 0.6 is 11.3 Å². The first-order valence-electron chi connectivity index (χ1n) is 8.51. The average Bonchev–Trinajstić information content (AvgIpc) is 3.35. The summed E-state index contributed by atoms with van der Waals surface area (Å²) in [4.78, 5) is 23.5. The Labute approximate surface area is 162 Å². The number of nitro groups is 1. The van der Waals surface area contributed by atoms with Crippen molar-refractivity contribution < 1.29 is 4.92 Å². The molecule has 0 fully saturated rings. The zero-order valence-electron chi connectivity index (χ0n) is 14.4. The van der Waals surface area contributed by atoms with Crippen LogP contribution in [-0.4, -0.2) is 19.9 Å². The van der Waals surface area contributed by atoms with Gasteiger partial charge in [-0.1, -0.05) is 12.1 Å². The van der Waals surface area contributed by atoms with E-state index in [4.69, 9.17) is 0 Å². The number of anilines is 2. The fraction of sp³-hybridized carbons (Fsp3) is 0. The molecule has 5 aromatic rings. The van der Waals surface area contributed by atoms with Crippen molar-refractivity contribution in [3.8, 4) is 10.4 Å². The van der Waals surface area contributed by atoms with Gasteiger partial charge < -0.3 is 10.3 Å². The van der Waals surface area contributed by atoms with Crippen LogP contribution in [0.1, 0.15) is 0 Å². The molecular formula is C20H13N5O2S. The summed E-state index contributed by atoms with van der Waals surface area (Å²) in [6.07, 6.45) is 3.42. The summed E-state index contributed by atoms with van der Waals surface area (Å²) in [7, 11) is 0. The fourth-order valence-electron chi connectivity index (χ4n) is 3.13. The standard InChI is InChI=1S/C20H13N5O2S/c26-25(27)15-3-1-2-13(9-15)18-10-17-19(28-18)20(23-11-22-17)24-14-4-5-16-12(8-14)6-7-21-16/h1-11,21H,(H,22,23,24). The molecule has 0 aliphatic carbocycles. The van der Waals surface area contributed by atoms with Crippen LogP contribution in [-0.2, 0) is 0 Å². The van der Waals surface area contributed by atoms with Crippen LogP contribution in [0.3, 0.4) is 0 Å². The van der Waals surface area contributed by atoms with Gasteiger partial charge in [0.25, 0.3) is 5.69 Å². The van der Waals surface area contributed by atoms with Crippen LogP contribution < -0.4 is 5.32 Å². The van der Waals surface area contributed by atoms with Gasteiger partial charge in [-0.05, 0) is 35.9 Å². The largest absolute Gasteiger partial charge is 0.361 e. The topological polar surface area (TPSA) is 96.7 Å². The molecule has 28 heavy (non-hydrogen) atoms. The lowest BCUT2D eigenvalue weighted by atomic mass is 10.1. The van der Waals surface area contributed by atoms with Crippen molar-refractivity contribution in [1.82, 2.24) is 15.0 Å². The highest BCUT2D eigenvalue weighted by Gasteiger charge is 2.13. The molecule has 5 rings (SSSR count). The second kappa shape index (κ2) is 6.43. The maximum atomic E-state index is 11.1. The molecule has 0 aliphatic heterocycles. The summed E-state index contributed by atoms with van der Waals surface area (Å²) in [5.41, 5.74) is 3.66. The monoisotopic (exact) mass is 387 g/mol. The number of aromatic amines is 1. The van der Waals surface area contributed by atoms with Crippen LogP contribution in [0.2, 0.25) is 0 Å². The zero-order chi connectivity index (χ0) is 19.1. The quantitative estimate of drug-likeness (QED) is 0.314. The van der Waals surface area contributed by atoms with Crippen molar-refractivity contribution in [2.45, 2.75) is 0 Å². The maximum Gasteiger partial charge on any atom is 0.270 e.